The molecule has 0 fully saturated rings. The van der Waals surface area contributed by atoms with E-state index in [9.17, 15) is 0 Å². The van der Waals surface area contributed by atoms with Crippen molar-refractivity contribution in [2.45, 2.75) is 47.0 Å². The normalized spacial score (nSPS) is 11.8. The minimum Gasteiger partial charge on any atom is -0.494 e. The summed E-state index contributed by atoms with van der Waals surface area (Å²) in [6.45, 7) is 12.1. The SMILES string of the molecule is CCC(CC)(CCOc1ccccc1)CNCC(C)C. The van der Waals surface area contributed by atoms with E-state index in [1.165, 1.54) is 12.8 Å². The molecule has 1 aromatic carbocycles. The molecule has 0 unspecified atom stereocenters. The van der Waals surface area contributed by atoms with Crippen LogP contribution in [0.4, 0.5) is 0 Å². The summed E-state index contributed by atoms with van der Waals surface area (Å²) in [6.07, 6.45) is 3.51. The van der Waals surface area contributed by atoms with Crippen LogP contribution in [0.1, 0.15) is 47.0 Å². The lowest BCUT2D eigenvalue weighted by atomic mass is 9.79. The average molecular weight is 277 g/mol. The van der Waals surface area contributed by atoms with Crippen molar-refractivity contribution in [2.24, 2.45) is 11.3 Å². The lowest BCUT2D eigenvalue weighted by Crippen LogP contribution is -2.36. The van der Waals surface area contributed by atoms with Crippen molar-refractivity contribution in [3.63, 3.8) is 0 Å². The highest BCUT2D eigenvalue weighted by Gasteiger charge is 2.25. The third-order valence-electron chi connectivity index (χ3n) is 4.20. The molecule has 2 heteroatoms. The van der Waals surface area contributed by atoms with Gasteiger partial charge in [-0.25, -0.2) is 0 Å². The molecule has 1 N–H and O–H groups in total. The van der Waals surface area contributed by atoms with Crippen molar-refractivity contribution >= 4 is 0 Å². The first-order valence-electron chi connectivity index (χ1n) is 8.00. The van der Waals surface area contributed by atoms with Crippen molar-refractivity contribution in [3.8, 4) is 5.75 Å². The second kappa shape index (κ2) is 9.02. The van der Waals surface area contributed by atoms with Crippen molar-refractivity contribution in [3.05, 3.63) is 30.3 Å². The standard InChI is InChI=1S/C18H31NO/c1-5-18(6-2,15-19-14-16(3)4)12-13-20-17-10-8-7-9-11-17/h7-11,16,19H,5-6,12-15H2,1-4H3. The monoisotopic (exact) mass is 277 g/mol. The number of benzene rings is 1. The molecular weight excluding hydrogens is 246 g/mol. The quantitative estimate of drug-likeness (QED) is 0.679. The number of rotatable bonds is 10. The highest BCUT2D eigenvalue weighted by Crippen LogP contribution is 2.30. The molecule has 0 radical (unpaired) electrons. The van der Waals surface area contributed by atoms with E-state index in [-0.39, 0.29) is 0 Å². The van der Waals surface area contributed by atoms with Crippen LogP contribution in [0.5, 0.6) is 5.75 Å². The molecule has 2 nitrogen and oxygen atoms in total. The molecule has 0 saturated carbocycles. The minimum absolute atomic E-state index is 0.365. The molecule has 0 bridgehead atoms. The Morgan fingerprint density at radius 1 is 1.10 bits per heavy atom. The average Bonchev–Trinajstić information content (AvgIpc) is 2.46. The third kappa shape index (κ3) is 5.96. The molecule has 0 amide bonds. The number of hydrogen-bond acceptors (Lipinski definition) is 2. The molecule has 1 aromatic rings. The second-order valence-electron chi connectivity index (χ2n) is 6.14. The van der Waals surface area contributed by atoms with Crippen molar-refractivity contribution in [1.29, 1.82) is 0 Å². The predicted molar refractivity (Wildman–Crippen MR) is 87.3 cm³/mol. The van der Waals surface area contributed by atoms with Gasteiger partial charge in [0.15, 0.2) is 0 Å². The van der Waals surface area contributed by atoms with Gasteiger partial charge in [0, 0.05) is 6.54 Å². The summed E-state index contributed by atoms with van der Waals surface area (Å²) in [7, 11) is 0. The minimum atomic E-state index is 0.365. The number of para-hydroxylation sites is 1. The van der Waals surface area contributed by atoms with Crippen molar-refractivity contribution in [2.75, 3.05) is 19.7 Å². The van der Waals surface area contributed by atoms with Crippen LogP contribution < -0.4 is 10.1 Å². The largest absolute Gasteiger partial charge is 0.494 e. The van der Waals surface area contributed by atoms with Gasteiger partial charge in [0.1, 0.15) is 5.75 Å². The smallest absolute Gasteiger partial charge is 0.119 e. The molecule has 0 saturated heterocycles. The lowest BCUT2D eigenvalue weighted by molar-refractivity contribution is 0.173. The highest BCUT2D eigenvalue weighted by molar-refractivity contribution is 5.20. The summed E-state index contributed by atoms with van der Waals surface area (Å²) in [5, 5.41) is 3.62. The Morgan fingerprint density at radius 3 is 2.30 bits per heavy atom. The fraction of sp³-hybridized carbons (Fsp3) is 0.667. The Labute approximate surface area is 124 Å². The van der Waals surface area contributed by atoms with Gasteiger partial charge in [-0.3, -0.25) is 0 Å². The van der Waals surface area contributed by atoms with Crippen LogP contribution in [0, 0.1) is 11.3 Å². The van der Waals surface area contributed by atoms with Gasteiger partial charge in [0.05, 0.1) is 6.61 Å². The molecule has 0 aliphatic heterocycles. The van der Waals surface area contributed by atoms with Crippen LogP contribution in [-0.2, 0) is 0 Å². The first-order chi connectivity index (χ1) is 9.62. The molecule has 20 heavy (non-hydrogen) atoms. The first-order valence-corrected chi connectivity index (χ1v) is 8.00. The Kier molecular flexibility index (Phi) is 7.68. The zero-order chi connectivity index (χ0) is 14.8. The van der Waals surface area contributed by atoms with Crippen molar-refractivity contribution in [1.82, 2.24) is 5.32 Å². The van der Waals surface area contributed by atoms with E-state index < -0.39 is 0 Å². The highest BCUT2D eigenvalue weighted by atomic mass is 16.5. The van der Waals surface area contributed by atoms with Crippen LogP contribution in [0.2, 0.25) is 0 Å². The fourth-order valence-electron chi connectivity index (χ4n) is 2.47. The van der Waals surface area contributed by atoms with E-state index in [1.807, 2.05) is 30.3 Å². The van der Waals surface area contributed by atoms with Crippen LogP contribution in [0.3, 0.4) is 0 Å². The lowest BCUT2D eigenvalue weighted by Gasteiger charge is -2.32. The predicted octanol–water partition coefficient (Wildman–Crippen LogP) is 4.51. The zero-order valence-electron chi connectivity index (χ0n) is 13.6. The number of nitrogens with one attached hydrogen (secondary N) is 1. The summed E-state index contributed by atoms with van der Waals surface area (Å²) in [4.78, 5) is 0. The van der Waals surface area contributed by atoms with Crippen LogP contribution in [0.15, 0.2) is 30.3 Å². The molecule has 0 spiro atoms. The van der Waals surface area contributed by atoms with Gasteiger partial charge in [0.25, 0.3) is 0 Å². The molecule has 0 aliphatic carbocycles. The Hall–Kier alpha value is -1.02. The zero-order valence-corrected chi connectivity index (χ0v) is 13.6. The molecule has 0 heterocycles. The molecule has 0 atom stereocenters. The van der Waals surface area contributed by atoms with E-state index >= 15 is 0 Å². The second-order valence-corrected chi connectivity index (χ2v) is 6.14. The van der Waals surface area contributed by atoms with E-state index in [0.29, 0.717) is 11.3 Å². The fourth-order valence-corrected chi connectivity index (χ4v) is 2.47. The van der Waals surface area contributed by atoms with Gasteiger partial charge in [-0.2, -0.15) is 0 Å². The van der Waals surface area contributed by atoms with Gasteiger partial charge < -0.3 is 10.1 Å². The van der Waals surface area contributed by atoms with Crippen molar-refractivity contribution < 1.29 is 4.74 Å². The van der Waals surface area contributed by atoms with Crippen LogP contribution in [-0.4, -0.2) is 19.7 Å². The Balaban J connectivity index is 2.41. The maximum atomic E-state index is 5.86. The van der Waals surface area contributed by atoms with E-state index in [0.717, 1.165) is 31.9 Å². The Bertz CT molecular complexity index is 344. The summed E-state index contributed by atoms with van der Waals surface area (Å²) in [6, 6.07) is 10.1. The first kappa shape index (κ1) is 17.0. The summed E-state index contributed by atoms with van der Waals surface area (Å²) in [5.74, 6) is 1.69. The van der Waals surface area contributed by atoms with Gasteiger partial charge in [0.2, 0.25) is 0 Å². The number of hydrogen-bond donors (Lipinski definition) is 1. The van der Waals surface area contributed by atoms with E-state index in [2.05, 4.69) is 33.0 Å². The van der Waals surface area contributed by atoms with E-state index in [4.69, 9.17) is 4.74 Å². The third-order valence-corrected chi connectivity index (χ3v) is 4.20. The maximum Gasteiger partial charge on any atom is 0.119 e. The summed E-state index contributed by atoms with van der Waals surface area (Å²) < 4.78 is 5.86. The maximum absolute atomic E-state index is 5.86. The van der Waals surface area contributed by atoms with E-state index in [1.54, 1.807) is 0 Å². The summed E-state index contributed by atoms with van der Waals surface area (Å²) >= 11 is 0. The van der Waals surface area contributed by atoms with Gasteiger partial charge >= 0.3 is 0 Å². The van der Waals surface area contributed by atoms with Crippen LogP contribution in [0.25, 0.3) is 0 Å². The molecule has 0 aromatic heterocycles. The topological polar surface area (TPSA) is 21.3 Å². The van der Waals surface area contributed by atoms with Gasteiger partial charge in [-0.05, 0) is 49.3 Å². The summed E-state index contributed by atoms with van der Waals surface area (Å²) in [5.41, 5.74) is 0.365. The molecular formula is C18H31NO. The molecule has 0 aliphatic rings. The molecule has 114 valence electrons. The Morgan fingerprint density at radius 2 is 1.75 bits per heavy atom. The number of ether oxygens (including phenoxy) is 1. The van der Waals surface area contributed by atoms with Gasteiger partial charge in [-0.1, -0.05) is 45.9 Å². The molecule has 1 rings (SSSR count). The van der Waals surface area contributed by atoms with Crippen LogP contribution >= 0.6 is 0 Å². The van der Waals surface area contributed by atoms with Gasteiger partial charge in [-0.15, -0.1) is 0 Å².